The zero-order valence-electron chi connectivity index (χ0n) is 11.3. The summed E-state index contributed by atoms with van der Waals surface area (Å²) in [5, 5.41) is 9.04. The summed E-state index contributed by atoms with van der Waals surface area (Å²) in [6.45, 7) is 4.68. The van der Waals surface area contributed by atoms with Crippen molar-refractivity contribution in [2.24, 2.45) is 5.92 Å². The third kappa shape index (κ3) is 2.80. The van der Waals surface area contributed by atoms with Crippen molar-refractivity contribution in [2.75, 3.05) is 13.1 Å². The molecule has 104 valence electrons. The van der Waals surface area contributed by atoms with Gasteiger partial charge in [0.2, 0.25) is 0 Å². The predicted molar refractivity (Wildman–Crippen MR) is 69.1 cm³/mol. The van der Waals surface area contributed by atoms with Crippen LogP contribution in [-0.2, 0) is 11.2 Å². The average Bonchev–Trinajstić information content (AvgIpc) is 2.79. The zero-order valence-corrected chi connectivity index (χ0v) is 11.3. The number of hydrogen-bond donors (Lipinski definition) is 1. The standard InChI is InChI=1S/C14H19NO4/c1-3-11-7-9(2)12(19-11)13(16)15-6-4-5-10(8-15)14(17)18/h7,10H,3-6,8H2,1-2H3,(H,17,18)/t10-/m0/s1. The Balaban J connectivity index is 2.14. The minimum absolute atomic E-state index is 0.192. The molecule has 1 amide bonds. The van der Waals surface area contributed by atoms with Crippen LogP contribution < -0.4 is 0 Å². The van der Waals surface area contributed by atoms with Crippen LogP contribution in [0.5, 0.6) is 0 Å². The highest BCUT2D eigenvalue weighted by molar-refractivity contribution is 5.93. The van der Waals surface area contributed by atoms with E-state index in [1.54, 1.807) is 4.90 Å². The van der Waals surface area contributed by atoms with Gasteiger partial charge in [-0.05, 0) is 25.8 Å². The number of carbonyl (C=O) groups is 2. The second-order valence-corrected chi connectivity index (χ2v) is 5.01. The minimum Gasteiger partial charge on any atom is -0.481 e. The molecule has 0 spiro atoms. The van der Waals surface area contributed by atoms with Gasteiger partial charge in [-0.1, -0.05) is 6.92 Å². The Morgan fingerprint density at radius 3 is 2.84 bits per heavy atom. The summed E-state index contributed by atoms with van der Waals surface area (Å²) in [7, 11) is 0. The van der Waals surface area contributed by atoms with Crippen LogP contribution in [0.3, 0.4) is 0 Å². The van der Waals surface area contributed by atoms with Crippen LogP contribution >= 0.6 is 0 Å². The van der Waals surface area contributed by atoms with Gasteiger partial charge in [0.15, 0.2) is 5.76 Å². The average molecular weight is 265 g/mol. The van der Waals surface area contributed by atoms with E-state index >= 15 is 0 Å². The fraction of sp³-hybridized carbons (Fsp3) is 0.571. The summed E-state index contributed by atoms with van der Waals surface area (Å²) < 4.78 is 5.54. The highest BCUT2D eigenvalue weighted by Gasteiger charge is 2.30. The van der Waals surface area contributed by atoms with Crippen molar-refractivity contribution in [3.63, 3.8) is 0 Å². The number of carboxylic acids is 1. The first-order valence-corrected chi connectivity index (χ1v) is 6.64. The maximum absolute atomic E-state index is 12.4. The molecular formula is C14H19NO4. The number of hydrogen-bond acceptors (Lipinski definition) is 3. The number of piperidine rings is 1. The van der Waals surface area contributed by atoms with Crippen molar-refractivity contribution in [1.29, 1.82) is 0 Å². The predicted octanol–water partition coefficient (Wildman–Crippen LogP) is 2.09. The molecule has 1 aliphatic rings. The van der Waals surface area contributed by atoms with E-state index in [2.05, 4.69) is 0 Å². The number of carbonyl (C=O) groups excluding carboxylic acids is 1. The molecule has 0 aliphatic carbocycles. The monoisotopic (exact) mass is 265 g/mol. The lowest BCUT2D eigenvalue weighted by atomic mass is 9.98. The second kappa shape index (κ2) is 5.47. The van der Waals surface area contributed by atoms with E-state index in [9.17, 15) is 9.59 Å². The highest BCUT2D eigenvalue weighted by atomic mass is 16.4. The maximum atomic E-state index is 12.4. The molecule has 1 atom stereocenters. The molecule has 1 aromatic rings. The lowest BCUT2D eigenvalue weighted by molar-refractivity contribution is -0.143. The van der Waals surface area contributed by atoms with Gasteiger partial charge in [-0.3, -0.25) is 9.59 Å². The summed E-state index contributed by atoms with van der Waals surface area (Å²) in [4.78, 5) is 25.0. The largest absolute Gasteiger partial charge is 0.481 e. The van der Waals surface area contributed by atoms with E-state index in [1.807, 2.05) is 19.9 Å². The van der Waals surface area contributed by atoms with E-state index in [0.29, 0.717) is 18.7 Å². The fourth-order valence-electron chi connectivity index (χ4n) is 2.44. The first kappa shape index (κ1) is 13.6. The van der Waals surface area contributed by atoms with Crippen molar-refractivity contribution >= 4 is 11.9 Å². The summed E-state index contributed by atoms with van der Waals surface area (Å²) in [5.74, 6) is -0.347. The summed E-state index contributed by atoms with van der Waals surface area (Å²) in [6.07, 6.45) is 2.10. The normalized spacial score (nSPS) is 19.5. The Morgan fingerprint density at radius 2 is 2.26 bits per heavy atom. The molecule has 0 aromatic carbocycles. The summed E-state index contributed by atoms with van der Waals surface area (Å²) in [6, 6.07) is 1.87. The third-order valence-electron chi connectivity index (χ3n) is 3.57. The Hall–Kier alpha value is -1.78. The number of likely N-dealkylation sites (tertiary alicyclic amines) is 1. The lowest BCUT2D eigenvalue weighted by Crippen LogP contribution is -2.42. The number of nitrogens with zero attached hydrogens (tertiary/aromatic N) is 1. The smallest absolute Gasteiger partial charge is 0.308 e. The van der Waals surface area contributed by atoms with Crippen LogP contribution in [0.4, 0.5) is 0 Å². The number of carboxylic acid groups (broad SMARTS) is 1. The first-order chi connectivity index (χ1) is 9.02. The van der Waals surface area contributed by atoms with Gasteiger partial charge >= 0.3 is 5.97 Å². The van der Waals surface area contributed by atoms with Crippen LogP contribution in [0.2, 0.25) is 0 Å². The molecule has 0 bridgehead atoms. The van der Waals surface area contributed by atoms with Gasteiger partial charge in [-0.2, -0.15) is 0 Å². The fourth-order valence-corrected chi connectivity index (χ4v) is 2.44. The number of rotatable bonds is 3. The van der Waals surface area contributed by atoms with Crippen molar-refractivity contribution in [2.45, 2.75) is 33.1 Å². The number of aryl methyl sites for hydroxylation is 2. The maximum Gasteiger partial charge on any atom is 0.308 e. The van der Waals surface area contributed by atoms with Gasteiger partial charge in [0.25, 0.3) is 5.91 Å². The topological polar surface area (TPSA) is 70.8 Å². The van der Waals surface area contributed by atoms with Crippen LogP contribution in [-0.4, -0.2) is 35.0 Å². The molecular weight excluding hydrogens is 246 g/mol. The van der Waals surface area contributed by atoms with E-state index in [4.69, 9.17) is 9.52 Å². The number of aliphatic carboxylic acids is 1. The third-order valence-corrected chi connectivity index (χ3v) is 3.57. The molecule has 2 rings (SSSR count). The zero-order chi connectivity index (χ0) is 14.0. The van der Waals surface area contributed by atoms with Crippen molar-refractivity contribution < 1.29 is 19.1 Å². The second-order valence-electron chi connectivity index (χ2n) is 5.01. The Labute approximate surface area is 112 Å². The molecule has 0 saturated carbocycles. The van der Waals surface area contributed by atoms with Crippen LogP contribution in [0, 0.1) is 12.8 Å². The SMILES string of the molecule is CCc1cc(C)c(C(=O)N2CCC[C@H](C(=O)O)C2)o1. The lowest BCUT2D eigenvalue weighted by Gasteiger charge is -2.30. The van der Waals surface area contributed by atoms with Crippen molar-refractivity contribution in [3.05, 3.63) is 23.2 Å². The van der Waals surface area contributed by atoms with Gasteiger partial charge in [0.05, 0.1) is 5.92 Å². The molecule has 1 fully saturated rings. The molecule has 5 heteroatoms. The first-order valence-electron chi connectivity index (χ1n) is 6.64. The molecule has 1 saturated heterocycles. The Bertz CT molecular complexity index is 492. The molecule has 5 nitrogen and oxygen atoms in total. The Morgan fingerprint density at radius 1 is 1.53 bits per heavy atom. The van der Waals surface area contributed by atoms with E-state index in [1.165, 1.54) is 0 Å². The molecule has 19 heavy (non-hydrogen) atoms. The van der Waals surface area contributed by atoms with Gasteiger partial charge in [-0.15, -0.1) is 0 Å². The van der Waals surface area contributed by atoms with Crippen LogP contribution in [0.15, 0.2) is 10.5 Å². The van der Waals surface area contributed by atoms with E-state index in [-0.39, 0.29) is 12.5 Å². The Kier molecular flexibility index (Phi) is 3.93. The van der Waals surface area contributed by atoms with Gasteiger partial charge in [0.1, 0.15) is 5.76 Å². The molecule has 1 aromatic heterocycles. The van der Waals surface area contributed by atoms with Gasteiger partial charge in [-0.25, -0.2) is 0 Å². The summed E-state index contributed by atoms with van der Waals surface area (Å²) in [5.41, 5.74) is 0.819. The molecule has 1 N–H and O–H groups in total. The quantitative estimate of drug-likeness (QED) is 0.908. The molecule has 0 unspecified atom stereocenters. The van der Waals surface area contributed by atoms with Crippen LogP contribution in [0.25, 0.3) is 0 Å². The van der Waals surface area contributed by atoms with Gasteiger partial charge < -0.3 is 14.4 Å². The van der Waals surface area contributed by atoms with E-state index in [0.717, 1.165) is 24.2 Å². The number of furan rings is 1. The van der Waals surface area contributed by atoms with Crippen molar-refractivity contribution in [3.8, 4) is 0 Å². The van der Waals surface area contributed by atoms with Crippen LogP contribution in [0.1, 0.15) is 41.6 Å². The van der Waals surface area contributed by atoms with E-state index < -0.39 is 11.9 Å². The molecule has 1 aliphatic heterocycles. The minimum atomic E-state index is -0.831. The summed E-state index contributed by atoms with van der Waals surface area (Å²) >= 11 is 0. The van der Waals surface area contributed by atoms with Gasteiger partial charge in [0, 0.05) is 25.1 Å². The molecule has 2 heterocycles. The number of amides is 1. The highest BCUT2D eigenvalue weighted by Crippen LogP contribution is 2.22. The molecule has 0 radical (unpaired) electrons. The van der Waals surface area contributed by atoms with Crippen molar-refractivity contribution in [1.82, 2.24) is 4.90 Å².